The van der Waals surface area contributed by atoms with Crippen LogP contribution in [-0.4, -0.2) is 20.2 Å². The summed E-state index contributed by atoms with van der Waals surface area (Å²) >= 11 is 0. The molecule has 0 spiro atoms. The zero-order valence-electron chi connectivity index (χ0n) is 12.8. The molecule has 1 N–H and O–H groups in total. The second kappa shape index (κ2) is 7.14. The minimum Gasteiger partial charge on any atom is -0.497 e. The maximum Gasteiger partial charge on any atom is 0.119 e. The van der Waals surface area contributed by atoms with Crippen molar-refractivity contribution in [2.24, 2.45) is 0 Å². The minimum atomic E-state index is 0.545. The average Bonchev–Trinajstić information content (AvgIpc) is 2.61. The molecule has 0 aromatic heterocycles. The summed E-state index contributed by atoms with van der Waals surface area (Å²) in [7, 11) is 1.67. The molecule has 0 atom stereocenters. The van der Waals surface area contributed by atoms with Crippen LogP contribution < -0.4 is 14.8 Å². The Hall–Kier alpha value is -2.26. The van der Waals surface area contributed by atoms with E-state index in [1.807, 2.05) is 36.4 Å². The summed E-state index contributed by atoms with van der Waals surface area (Å²) in [6.07, 6.45) is 3.35. The quantitative estimate of drug-likeness (QED) is 0.913. The average molecular weight is 295 g/mol. The molecule has 2 aromatic rings. The summed E-state index contributed by atoms with van der Waals surface area (Å²) in [5.74, 6) is 1.75. The predicted octanol–water partition coefficient (Wildman–Crippen LogP) is 3.65. The van der Waals surface area contributed by atoms with Crippen LogP contribution >= 0.6 is 0 Å². The van der Waals surface area contributed by atoms with Crippen molar-refractivity contribution in [3.63, 3.8) is 0 Å². The second-order valence-corrected chi connectivity index (χ2v) is 5.35. The molecule has 2 aromatic carbocycles. The maximum atomic E-state index is 5.85. The van der Waals surface area contributed by atoms with Crippen LogP contribution in [0.1, 0.15) is 17.5 Å². The van der Waals surface area contributed by atoms with E-state index in [2.05, 4.69) is 23.5 Å². The van der Waals surface area contributed by atoms with Gasteiger partial charge in [-0.05, 0) is 53.9 Å². The number of methoxy groups -OCH3 is 1. The van der Waals surface area contributed by atoms with Gasteiger partial charge < -0.3 is 14.8 Å². The highest BCUT2D eigenvalue weighted by Crippen LogP contribution is 2.23. The Bertz CT molecular complexity index is 647. The van der Waals surface area contributed by atoms with Crippen LogP contribution in [0.2, 0.25) is 0 Å². The molecule has 3 rings (SSSR count). The van der Waals surface area contributed by atoms with E-state index in [0.29, 0.717) is 6.61 Å². The lowest BCUT2D eigenvalue weighted by Gasteiger charge is -2.14. The van der Waals surface area contributed by atoms with Crippen molar-refractivity contribution in [3.8, 4) is 11.5 Å². The van der Waals surface area contributed by atoms with Gasteiger partial charge >= 0.3 is 0 Å². The molecule has 114 valence electrons. The number of rotatable bonds is 5. The molecule has 1 aliphatic heterocycles. The maximum absolute atomic E-state index is 5.85. The number of nitrogens with one attached hydrogen (secondary N) is 1. The van der Waals surface area contributed by atoms with Crippen molar-refractivity contribution < 1.29 is 9.47 Å². The molecule has 1 heterocycles. The minimum absolute atomic E-state index is 0.545. The van der Waals surface area contributed by atoms with Gasteiger partial charge in [0.05, 0.1) is 7.11 Å². The Kier molecular flexibility index (Phi) is 4.76. The number of benzene rings is 2. The van der Waals surface area contributed by atoms with Crippen LogP contribution in [0.25, 0.3) is 5.57 Å². The summed E-state index contributed by atoms with van der Waals surface area (Å²) < 4.78 is 11.1. The van der Waals surface area contributed by atoms with Gasteiger partial charge in [0, 0.05) is 6.54 Å². The van der Waals surface area contributed by atoms with Crippen molar-refractivity contribution in [2.45, 2.75) is 13.0 Å². The van der Waals surface area contributed by atoms with Gasteiger partial charge in [-0.2, -0.15) is 0 Å². The van der Waals surface area contributed by atoms with Crippen LogP contribution in [0, 0.1) is 0 Å². The first-order valence-corrected chi connectivity index (χ1v) is 7.61. The summed E-state index contributed by atoms with van der Waals surface area (Å²) in [4.78, 5) is 0. The highest BCUT2D eigenvalue weighted by atomic mass is 16.5. The molecule has 0 amide bonds. The van der Waals surface area contributed by atoms with Gasteiger partial charge in [0.2, 0.25) is 0 Å². The Morgan fingerprint density at radius 2 is 1.91 bits per heavy atom. The lowest BCUT2D eigenvalue weighted by atomic mass is 10.0. The molecule has 0 aliphatic carbocycles. The zero-order valence-corrected chi connectivity index (χ0v) is 12.8. The first-order valence-electron chi connectivity index (χ1n) is 7.61. The van der Waals surface area contributed by atoms with Gasteiger partial charge in [0.25, 0.3) is 0 Å². The fourth-order valence-corrected chi connectivity index (χ4v) is 2.58. The van der Waals surface area contributed by atoms with Gasteiger partial charge in [0.1, 0.15) is 18.1 Å². The van der Waals surface area contributed by atoms with Crippen molar-refractivity contribution in [3.05, 3.63) is 65.7 Å². The molecule has 0 fully saturated rings. The third-order valence-corrected chi connectivity index (χ3v) is 3.83. The standard InChI is InChI=1S/C19H21NO2/c1-21-19-4-2-3-15(13-19)14-22-18-7-5-16(6-8-18)17-9-11-20-12-10-17/h2-9,13,20H,10-12,14H2,1H3. The molecular formula is C19H21NO2. The van der Waals surface area contributed by atoms with E-state index in [0.717, 1.165) is 36.6 Å². The monoisotopic (exact) mass is 295 g/mol. The van der Waals surface area contributed by atoms with Gasteiger partial charge in [0.15, 0.2) is 0 Å². The number of hydrogen-bond donors (Lipinski definition) is 1. The molecule has 0 bridgehead atoms. The number of hydrogen-bond acceptors (Lipinski definition) is 3. The van der Waals surface area contributed by atoms with Crippen LogP contribution in [-0.2, 0) is 6.61 Å². The zero-order chi connectivity index (χ0) is 15.2. The molecule has 22 heavy (non-hydrogen) atoms. The Morgan fingerprint density at radius 1 is 1.05 bits per heavy atom. The van der Waals surface area contributed by atoms with E-state index < -0.39 is 0 Å². The molecule has 0 saturated carbocycles. The Morgan fingerprint density at radius 3 is 2.64 bits per heavy atom. The van der Waals surface area contributed by atoms with Gasteiger partial charge in [-0.15, -0.1) is 0 Å². The molecule has 0 unspecified atom stereocenters. The van der Waals surface area contributed by atoms with E-state index in [-0.39, 0.29) is 0 Å². The second-order valence-electron chi connectivity index (χ2n) is 5.35. The Labute approximate surface area is 131 Å². The van der Waals surface area contributed by atoms with Crippen molar-refractivity contribution in [1.82, 2.24) is 5.32 Å². The fraction of sp³-hybridized carbons (Fsp3) is 0.263. The molecule has 3 nitrogen and oxygen atoms in total. The summed E-state index contributed by atoms with van der Waals surface area (Å²) in [6, 6.07) is 16.3. The molecule has 3 heteroatoms. The van der Waals surface area contributed by atoms with E-state index in [4.69, 9.17) is 9.47 Å². The van der Waals surface area contributed by atoms with Crippen LogP contribution in [0.3, 0.4) is 0 Å². The van der Waals surface area contributed by atoms with Crippen LogP contribution in [0.15, 0.2) is 54.6 Å². The lowest BCUT2D eigenvalue weighted by Crippen LogP contribution is -2.19. The fourth-order valence-electron chi connectivity index (χ4n) is 2.58. The van der Waals surface area contributed by atoms with Gasteiger partial charge in [-0.3, -0.25) is 0 Å². The Balaban J connectivity index is 1.62. The van der Waals surface area contributed by atoms with Crippen molar-refractivity contribution >= 4 is 5.57 Å². The smallest absolute Gasteiger partial charge is 0.119 e. The third-order valence-electron chi connectivity index (χ3n) is 3.83. The molecule has 0 radical (unpaired) electrons. The van der Waals surface area contributed by atoms with E-state index in [1.54, 1.807) is 7.11 Å². The SMILES string of the molecule is COc1cccc(COc2ccc(C3=CCNCC3)cc2)c1. The van der Waals surface area contributed by atoms with E-state index in [9.17, 15) is 0 Å². The normalized spacial score (nSPS) is 14.3. The van der Waals surface area contributed by atoms with E-state index in [1.165, 1.54) is 11.1 Å². The lowest BCUT2D eigenvalue weighted by molar-refractivity contribution is 0.305. The molecule has 0 saturated heterocycles. The summed E-state index contributed by atoms with van der Waals surface area (Å²) in [5.41, 5.74) is 3.80. The first-order chi connectivity index (χ1) is 10.8. The molecule has 1 aliphatic rings. The van der Waals surface area contributed by atoms with E-state index >= 15 is 0 Å². The largest absolute Gasteiger partial charge is 0.497 e. The van der Waals surface area contributed by atoms with Crippen LogP contribution in [0.5, 0.6) is 11.5 Å². The highest BCUT2D eigenvalue weighted by Gasteiger charge is 2.06. The summed E-state index contributed by atoms with van der Waals surface area (Å²) in [6.45, 7) is 2.56. The van der Waals surface area contributed by atoms with Gasteiger partial charge in [-0.25, -0.2) is 0 Å². The highest BCUT2D eigenvalue weighted by molar-refractivity contribution is 5.67. The predicted molar refractivity (Wildman–Crippen MR) is 89.2 cm³/mol. The van der Waals surface area contributed by atoms with Crippen molar-refractivity contribution in [2.75, 3.05) is 20.2 Å². The molecular weight excluding hydrogens is 274 g/mol. The van der Waals surface area contributed by atoms with Gasteiger partial charge in [-0.1, -0.05) is 30.3 Å². The van der Waals surface area contributed by atoms with Crippen molar-refractivity contribution in [1.29, 1.82) is 0 Å². The first kappa shape index (κ1) is 14.7. The third kappa shape index (κ3) is 3.68. The van der Waals surface area contributed by atoms with Crippen LogP contribution in [0.4, 0.5) is 0 Å². The topological polar surface area (TPSA) is 30.5 Å². The number of ether oxygens (including phenoxy) is 2. The summed E-state index contributed by atoms with van der Waals surface area (Å²) in [5, 5.41) is 3.33.